The normalized spacial score (nSPS) is 12.8. The van der Waals surface area contributed by atoms with Crippen LogP contribution >= 0.6 is 0 Å². The molecule has 1 heterocycles. The number of hydrogen-bond acceptors (Lipinski definition) is 1. The molecule has 0 saturated heterocycles. The van der Waals surface area contributed by atoms with Crippen molar-refractivity contribution in [3.8, 4) is 67.0 Å². The topological polar surface area (TPSA) is 12.9 Å². The summed E-state index contributed by atoms with van der Waals surface area (Å²) in [7, 11) is 0. The van der Waals surface area contributed by atoms with Crippen LogP contribution in [0.3, 0.4) is 0 Å². The molecule has 1 aromatic heterocycles. The average Bonchev–Trinajstić information content (AvgIpc) is 3.34. The highest BCUT2D eigenvalue weighted by molar-refractivity contribution is 5.86. The number of benzene rings is 6. The van der Waals surface area contributed by atoms with E-state index in [0.717, 1.165) is 28.1 Å². The summed E-state index contributed by atoms with van der Waals surface area (Å²) in [5.74, 6) is 0. The molecule has 0 fully saturated rings. The number of aryl methyl sites for hydroxylation is 1. The summed E-state index contributed by atoms with van der Waals surface area (Å²) in [5.41, 5.74) is 18.2. The van der Waals surface area contributed by atoms with Crippen LogP contribution in [0.25, 0.3) is 67.0 Å². The molecule has 0 radical (unpaired) electrons. The van der Waals surface area contributed by atoms with Crippen LogP contribution in [-0.4, -0.2) is 4.98 Å². The van der Waals surface area contributed by atoms with Gasteiger partial charge in [-0.15, -0.1) is 0 Å². The molecule has 0 bridgehead atoms. The summed E-state index contributed by atoms with van der Waals surface area (Å²) < 4.78 is 0. The van der Waals surface area contributed by atoms with E-state index in [-0.39, 0.29) is 5.41 Å². The lowest BCUT2D eigenvalue weighted by molar-refractivity contribution is 0.660. The van der Waals surface area contributed by atoms with Gasteiger partial charge in [0.2, 0.25) is 0 Å². The van der Waals surface area contributed by atoms with Crippen LogP contribution in [0.2, 0.25) is 0 Å². The Morgan fingerprint density at radius 3 is 1.70 bits per heavy atom. The third-order valence-corrected chi connectivity index (χ3v) is 9.63. The zero-order chi connectivity index (χ0) is 31.3. The van der Waals surface area contributed by atoms with Gasteiger partial charge in [-0.3, -0.25) is 0 Å². The molecule has 1 heteroatoms. The van der Waals surface area contributed by atoms with Crippen molar-refractivity contribution < 1.29 is 0 Å². The van der Waals surface area contributed by atoms with Crippen molar-refractivity contribution in [2.75, 3.05) is 0 Å². The van der Waals surface area contributed by atoms with Crippen molar-refractivity contribution >= 4 is 0 Å². The Morgan fingerprint density at radius 1 is 0.370 bits per heavy atom. The van der Waals surface area contributed by atoms with Crippen LogP contribution in [-0.2, 0) is 5.41 Å². The van der Waals surface area contributed by atoms with Crippen molar-refractivity contribution in [1.29, 1.82) is 0 Å². The van der Waals surface area contributed by atoms with Crippen molar-refractivity contribution in [2.45, 2.75) is 26.2 Å². The first-order chi connectivity index (χ1) is 22.5. The standard InChI is InChI=1S/C45H35N/c1-30-21-22-33(34-23-24-42-40(27-34)38-19-10-11-20-41(38)45(42,2)3)26-39(30)35-17-12-18-36(25-35)44-29-37(31-13-6-4-7-14-31)28-43(46-44)32-15-8-5-9-16-32/h4-29H,1-3H3. The molecule has 8 rings (SSSR count). The second-order valence-corrected chi connectivity index (χ2v) is 12.9. The van der Waals surface area contributed by atoms with E-state index in [4.69, 9.17) is 4.98 Å². The van der Waals surface area contributed by atoms with Crippen LogP contribution in [0, 0.1) is 6.92 Å². The van der Waals surface area contributed by atoms with Gasteiger partial charge in [-0.2, -0.15) is 0 Å². The monoisotopic (exact) mass is 589 g/mol. The molecule has 0 amide bonds. The van der Waals surface area contributed by atoms with Crippen molar-refractivity contribution in [2.24, 2.45) is 0 Å². The lowest BCUT2D eigenvalue weighted by Crippen LogP contribution is -2.14. The second kappa shape index (κ2) is 11.1. The molecule has 46 heavy (non-hydrogen) atoms. The largest absolute Gasteiger partial charge is 0.248 e. The van der Waals surface area contributed by atoms with E-state index in [1.807, 2.05) is 6.07 Å². The van der Waals surface area contributed by atoms with E-state index in [1.165, 1.54) is 55.6 Å². The number of pyridine rings is 1. The van der Waals surface area contributed by atoms with Gasteiger partial charge >= 0.3 is 0 Å². The number of hydrogen-bond donors (Lipinski definition) is 0. The summed E-state index contributed by atoms with van der Waals surface area (Å²) in [5, 5.41) is 0. The predicted octanol–water partition coefficient (Wildman–Crippen LogP) is 12.0. The molecule has 7 aromatic rings. The number of rotatable bonds is 5. The van der Waals surface area contributed by atoms with Crippen molar-refractivity contribution in [3.05, 3.63) is 174 Å². The minimum Gasteiger partial charge on any atom is -0.248 e. The molecule has 0 aliphatic heterocycles. The van der Waals surface area contributed by atoms with E-state index in [0.29, 0.717) is 0 Å². The Morgan fingerprint density at radius 2 is 0.935 bits per heavy atom. The van der Waals surface area contributed by atoms with E-state index in [2.05, 4.69) is 172 Å². The van der Waals surface area contributed by atoms with Gasteiger partial charge in [0.1, 0.15) is 0 Å². The summed E-state index contributed by atoms with van der Waals surface area (Å²) >= 11 is 0. The number of nitrogens with zero attached hydrogens (tertiary/aromatic N) is 1. The number of fused-ring (bicyclic) bond motifs is 3. The molecule has 1 aliphatic rings. The Kier molecular flexibility index (Phi) is 6.76. The van der Waals surface area contributed by atoms with Gasteiger partial charge in [-0.25, -0.2) is 4.98 Å². The van der Waals surface area contributed by atoms with Crippen LogP contribution < -0.4 is 0 Å². The fourth-order valence-electron chi connectivity index (χ4n) is 7.09. The Hall–Kier alpha value is -5.53. The molecule has 1 nitrogen and oxygen atoms in total. The maximum Gasteiger partial charge on any atom is 0.0715 e. The van der Waals surface area contributed by atoms with E-state index >= 15 is 0 Å². The highest BCUT2D eigenvalue weighted by atomic mass is 14.7. The van der Waals surface area contributed by atoms with Gasteiger partial charge in [0.15, 0.2) is 0 Å². The third kappa shape index (κ3) is 4.86. The van der Waals surface area contributed by atoms with Gasteiger partial charge in [0.25, 0.3) is 0 Å². The van der Waals surface area contributed by atoms with Crippen LogP contribution in [0.4, 0.5) is 0 Å². The molecule has 0 spiro atoms. The number of aromatic nitrogens is 1. The maximum absolute atomic E-state index is 5.19. The Balaban J connectivity index is 1.21. The molecule has 220 valence electrons. The van der Waals surface area contributed by atoms with E-state index < -0.39 is 0 Å². The molecular weight excluding hydrogens is 555 g/mol. The van der Waals surface area contributed by atoms with Crippen LogP contribution in [0.15, 0.2) is 158 Å². The molecule has 0 atom stereocenters. The SMILES string of the molecule is Cc1ccc(-c2ccc3c(c2)-c2ccccc2C3(C)C)cc1-c1cccc(-c2cc(-c3ccccc3)cc(-c3ccccc3)n2)c1. The van der Waals surface area contributed by atoms with Gasteiger partial charge in [0, 0.05) is 16.5 Å². The average molecular weight is 590 g/mol. The summed E-state index contributed by atoms with van der Waals surface area (Å²) in [4.78, 5) is 5.19. The molecule has 0 saturated carbocycles. The Bertz CT molecular complexity index is 2170. The first-order valence-electron chi connectivity index (χ1n) is 16.0. The fraction of sp³-hybridized carbons (Fsp3) is 0.0889. The summed E-state index contributed by atoms with van der Waals surface area (Å²) in [6.45, 7) is 6.87. The Labute approximate surface area is 271 Å². The van der Waals surface area contributed by atoms with Crippen molar-refractivity contribution in [3.63, 3.8) is 0 Å². The maximum atomic E-state index is 5.19. The quantitative estimate of drug-likeness (QED) is 0.195. The third-order valence-electron chi connectivity index (χ3n) is 9.63. The zero-order valence-electron chi connectivity index (χ0n) is 26.5. The summed E-state index contributed by atoms with van der Waals surface area (Å²) in [6.07, 6.45) is 0. The molecule has 0 N–H and O–H groups in total. The molecule has 6 aromatic carbocycles. The van der Waals surface area contributed by atoms with E-state index in [1.54, 1.807) is 0 Å². The minimum absolute atomic E-state index is 0.00948. The summed E-state index contributed by atoms with van der Waals surface area (Å²) in [6, 6.07) is 57.0. The highest BCUT2D eigenvalue weighted by Crippen LogP contribution is 2.49. The lowest BCUT2D eigenvalue weighted by atomic mass is 9.82. The first-order valence-corrected chi connectivity index (χ1v) is 16.0. The first kappa shape index (κ1) is 28.0. The smallest absolute Gasteiger partial charge is 0.0715 e. The lowest BCUT2D eigenvalue weighted by Gasteiger charge is -2.21. The fourth-order valence-corrected chi connectivity index (χ4v) is 7.09. The molecule has 1 aliphatic carbocycles. The van der Waals surface area contributed by atoms with Gasteiger partial charge in [-0.1, -0.05) is 141 Å². The minimum atomic E-state index is 0.00948. The van der Waals surface area contributed by atoms with Crippen molar-refractivity contribution in [1.82, 2.24) is 4.98 Å². The van der Waals surface area contributed by atoms with Crippen LogP contribution in [0.1, 0.15) is 30.5 Å². The molecular formula is C45H35N. The van der Waals surface area contributed by atoms with E-state index in [9.17, 15) is 0 Å². The zero-order valence-corrected chi connectivity index (χ0v) is 26.5. The predicted molar refractivity (Wildman–Crippen MR) is 194 cm³/mol. The highest BCUT2D eigenvalue weighted by Gasteiger charge is 2.35. The second-order valence-electron chi connectivity index (χ2n) is 12.9. The van der Waals surface area contributed by atoms with Gasteiger partial charge in [-0.05, 0) is 98.5 Å². The molecule has 0 unspecified atom stereocenters. The van der Waals surface area contributed by atoms with Crippen LogP contribution in [0.5, 0.6) is 0 Å². The van der Waals surface area contributed by atoms with Gasteiger partial charge < -0.3 is 0 Å². The van der Waals surface area contributed by atoms with Gasteiger partial charge in [0.05, 0.1) is 11.4 Å².